The van der Waals surface area contributed by atoms with E-state index in [9.17, 15) is 18.0 Å². The number of benzene rings is 2. The number of halogens is 3. The molecule has 0 unspecified atom stereocenters. The summed E-state index contributed by atoms with van der Waals surface area (Å²) in [7, 11) is 4.07. The second-order valence-electron chi connectivity index (χ2n) is 11.7. The Hall–Kier alpha value is -4.33. The second kappa shape index (κ2) is 13.3. The van der Waals surface area contributed by atoms with E-state index in [1.54, 1.807) is 36.7 Å². The highest BCUT2D eigenvalue weighted by molar-refractivity contribution is 6.05. The van der Waals surface area contributed by atoms with Crippen molar-refractivity contribution in [2.45, 2.75) is 13.1 Å². The molecule has 10 nitrogen and oxygen atoms in total. The van der Waals surface area contributed by atoms with E-state index in [4.69, 9.17) is 11.6 Å². The van der Waals surface area contributed by atoms with Gasteiger partial charge in [0.2, 0.25) is 0 Å². The van der Waals surface area contributed by atoms with Gasteiger partial charge in [0, 0.05) is 87.3 Å². The van der Waals surface area contributed by atoms with Gasteiger partial charge in [0.25, 0.3) is 5.91 Å². The zero-order valence-corrected chi connectivity index (χ0v) is 25.8. The van der Waals surface area contributed by atoms with E-state index in [0.717, 1.165) is 62.7 Å². The third-order valence-corrected chi connectivity index (χ3v) is 8.32. The quantitative estimate of drug-likeness (QED) is 0.268. The number of anilines is 4. The molecule has 0 spiro atoms. The minimum absolute atomic E-state index is 0.0624. The van der Waals surface area contributed by atoms with Gasteiger partial charge in [-0.25, -0.2) is 5.84 Å². The molecule has 13 heteroatoms. The van der Waals surface area contributed by atoms with Crippen molar-refractivity contribution in [3.63, 3.8) is 0 Å². The molecule has 5 N–H and O–H groups in total. The summed E-state index contributed by atoms with van der Waals surface area (Å²) in [5, 5.41) is 3.99. The number of hydrogen-bond donors (Lipinski definition) is 3. The Morgan fingerprint density at radius 3 is 2.11 bits per heavy atom. The average molecular weight is 624 g/mol. The molecule has 2 saturated heterocycles. The Morgan fingerprint density at radius 1 is 0.867 bits per heavy atom. The number of alkyl halides is 3. The van der Waals surface area contributed by atoms with E-state index in [0.29, 0.717) is 35.7 Å². The highest BCUT2D eigenvalue weighted by atomic mass is 19.4. The highest BCUT2D eigenvalue weighted by Crippen LogP contribution is 2.35. The first-order valence-corrected chi connectivity index (χ1v) is 14.9. The predicted octanol–water partition coefficient (Wildman–Crippen LogP) is 3.80. The fraction of sp³-hybridized carbons (Fsp3) is 0.375. The number of pyridine rings is 1. The van der Waals surface area contributed by atoms with Gasteiger partial charge in [0.1, 0.15) is 0 Å². The third kappa shape index (κ3) is 7.85. The minimum Gasteiger partial charge on any atom is -0.397 e. The van der Waals surface area contributed by atoms with E-state index >= 15 is 0 Å². The summed E-state index contributed by atoms with van der Waals surface area (Å²) >= 11 is 0. The number of hydrogen-bond acceptors (Lipinski definition) is 9. The standard InChI is InChI=1S/C32H40F3N9O/c1-22-4-5-23(31(45)39-26-16-25(32(33,34)35)17-27(18-26)42-10-6-40(2)7-11-42)15-30(22)44(37)21-29(36)24-14-28(20-38-19-24)43-12-8-41(3)9-13-43/h4-5,14-21H,6-13,36-37H2,1-3H3,(H,39,45)/b29-21-. The SMILES string of the molecule is Cc1ccc(C(=O)Nc2cc(N3CCN(C)CC3)cc(C(F)(F)F)c2)cc1N(N)/C=C(\N)c1cncc(N2CCN(C)CC2)c1. The van der Waals surface area contributed by atoms with Gasteiger partial charge >= 0.3 is 6.18 Å². The first-order chi connectivity index (χ1) is 21.4. The number of aromatic nitrogens is 1. The lowest BCUT2D eigenvalue weighted by atomic mass is 10.1. The average Bonchev–Trinajstić information content (AvgIpc) is 3.01. The normalized spacial score (nSPS) is 17.0. The van der Waals surface area contributed by atoms with Gasteiger partial charge in [0.15, 0.2) is 0 Å². The molecular weight excluding hydrogens is 583 g/mol. The lowest BCUT2D eigenvalue weighted by molar-refractivity contribution is -0.137. The lowest BCUT2D eigenvalue weighted by Gasteiger charge is -2.34. The molecule has 1 aromatic heterocycles. The van der Waals surface area contributed by atoms with Crippen LogP contribution in [0.1, 0.15) is 27.0 Å². The summed E-state index contributed by atoms with van der Waals surface area (Å²) in [6.45, 7) is 8.18. The number of carbonyl (C=O) groups is 1. The lowest BCUT2D eigenvalue weighted by Crippen LogP contribution is -2.44. The molecule has 5 rings (SSSR count). The number of hydrazine groups is 1. The maximum Gasteiger partial charge on any atom is 0.416 e. The van der Waals surface area contributed by atoms with Crippen LogP contribution in [0.25, 0.3) is 5.70 Å². The second-order valence-corrected chi connectivity index (χ2v) is 11.7. The smallest absolute Gasteiger partial charge is 0.397 e. The Kier molecular flexibility index (Phi) is 9.51. The van der Waals surface area contributed by atoms with Gasteiger partial charge in [-0.1, -0.05) is 6.07 Å². The molecule has 0 bridgehead atoms. The molecule has 0 aliphatic carbocycles. The number of nitrogens with zero attached hydrogens (tertiary/aromatic N) is 6. The van der Waals surface area contributed by atoms with Crippen LogP contribution >= 0.6 is 0 Å². The van der Waals surface area contributed by atoms with Crippen molar-refractivity contribution >= 4 is 34.4 Å². The molecule has 3 aromatic rings. The van der Waals surface area contributed by atoms with Crippen LogP contribution in [0.3, 0.4) is 0 Å². The van der Waals surface area contributed by atoms with E-state index in [2.05, 4.69) is 32.0 Å². The molecule has 0 saturated carbocycles. The first-order valence-electron chi connectivity index (χ1n) is 14.9. The molecular formula is C32H40F3N9O. The number of amides is 1. The minimum atomic E-state index is -4.56. The summed E-state index contributed by atoms with van der Waals surface area (Å²) in [5.41, 5.74) is 9.67. The number of aryl methyl sites for hydroxylation is 1. The molecule has 240 valence electrons. The van der Waals surface area contributed by atoms with Gasteiger partial charge in [-0.15, -0.1) is 0 Å². The number of nitrogens with one attached hydrogen (secondary N) is 1. The highest BCUT2D eigenvalue weighted by Gasteiger charge is 2.32. The van der Waals surface area contributed by atoms with Crippen LogP contribution < -0.4 is 31.7 Å². The molecule has 0 radical (unpaired) electrons. The van der Waals surface area contributed by atoms with E-state index in [-0.39, 0.29) is 11.3 Å². The van der Waals surface area contributed by atoms with Crippen LogP contribution in [0.4, 0.5) is 35.9 Å². The number of rotatable bonds is 7. The molecule has 0 atom stereocenters. The van der Waals surface area contributed by atoms with Gasteiger partial charge in [-0.2, -0.15) is 13.2 Å². The first kappa shape index (κ1) is 32.1. The summed E-state index contributed by atoms with van der Waals surface area (Å²) in [6.07, 6.45) is 0.476. The van der Waals surface area contributed by atoms with Crippen molar-refractivity contribution in [1.82, 2.24) is 14.8 Å². The molecule has 1 amide bonds. The zero-order chi connectivity index (χ0) is 32.3. The molecule has 2 aromatic carbocycles. The Bertz CT molecular complexity index is 1550. The predicted molar refractivity (Wildman–Crippen MR) is 173 cm³/mol. The van der Waals surface area contributed by atoms with Crippen molar-refractivity contribution in [3.05, 3.63) is 83.3 Å². The molecule has 3 heterocycles. The van der Waals surface area contributed by atoms with E-state index in [1.807, 2.05) is 31.1 Å². The van der Waals surface area contributed by atoms with Crippen molar-refractivity contribution < 1.29 is 18.0 Å². The molecule has 2 aliphatic rings. The van der Waals surface area contributed by atoms with Crippen LogP contribution in [0.5, 0.6) is 0 Å². The van der Waals surface area contributed by atoms with Gasteiger partial charge in [0.05, 0.1) is 28.8 Å². The Balaban J connectivity index is 1.34. The fourth-order valence-electron chi connectivity index (χ4n) is 5.44. The summed E-state index contributed by atoms with van der Waals surface area (Å²) in [6, 6.07) is 10.6. The van der Waals surface area contributed by atoms with Crippen molar-refractivity contribution in [2.24, 2.45) is 11.6 Å². The van der Waals surface area contributed by atoms with Crippen molar-refractivity contribution in [3.8, 4) is 0 Å². The fourth-order valence-corrected chi connectivity index (χ4v) is 5.44. The summed E-state index contributed by atoms with van der Waals surface area (Å²) in [4.78, 5) is 26.2. The number of piperazine rings is 2. The maximum absolute atomic E-state index is 13.8. The van der Waals surface area contributed by atoms with Crippen molar-refractivity contribution in [2.75, 3.05) is 86.6 Å². The van der Waals surface area contributed by atoms with Gasteiger partial charge < -0.3 is 30.7 Å². The monoisotopic (exact) mass is 623 g/mol. The van der Waals surface area contributed by atoms with Crippen LogP contribution in [-0.4, -0.2) is 87.1 Å². The molecule has 2 aliphatic heterocycles. The van der Waals surface area contributed by atoms with E-state index < -0.39 is 17.6 Å². The van der Waals surface area contributed by atoms with Gasteiger partial charge in [-0.3, -0.25) is 14.8 Å². The van der Waals surface area contributed by atoms with Crippen LogP contribution in [0.2, 0.25) is 0 Å². The van der Waals surface area contributed by atoms with E-state index in [1.165, 1.54) is 5.01 Å². The van der Waals surface area contributed by atoms with Crippen molar-refractivity contribution in [1.29, 1.82) is 0 Å². The summed E-state index contributed by atoms with van der Waals surface area (Å²) < 4.78 is 41.4. The molecule has 45 heavy (non-hydrogen) atoms. The van der Waals surface area contributed by atoms with Crippen LogP contribution in [0, 0.1) is 6.92 Å². The number of nitrogens with two attached hydrogens (primary N) is 2. The van der Waals surface area contributed by atoms with Crippen LogP contribution in [-0.2, 0) is 6.18 Å². The Morgan fingerprint density at radius 2 is 1.49 bits per heavy atom. The largest absolute Gasteiger partial charge is 0.416 e. The topological polar surface area (TPSA) is 110 Å². The molecule has 2 fully saturated rings. The maximum atomic E-state index is 13.8. The summed E-state index contributed by atoms with van der Waals surface area (Å²) in [5.74, 6) is 5.85. The van der Waals surface area contributed by atoms with Gasteiger partial charge in [-0.05, 0) is 63.0 Å². The number of carbonyl (C=O) groups excluding carboxylic acids is 1. The Labute approximate surface area is 261 Å². The third-order valence-electron chi connectivity index (χ3n) is 8.32. The van der Waals surface area contributed by atoms with Crippen LogP contribution in [0.15, 0.2) is 61.1 Å². The number of likely N-dealkylation sites (N-methyl/N-ethyl adjacent to an activating group) is 2. The zero-order valence-electron chi connectivity index (χ0n) is 25.8.